The number of pyridine rings is 1. The normalized spacial score (nSPS) is 14.6. The van der Waals surface area contributed by atoms with Gasteiger partial charge in [-0.1, -0.05) is 0 Å². The SMILES string of the molecule is Cc1cc(I)ccc1NC(=O)c1cccnc1N1CCOCC1. The summed E-state index contributed by atoms with van der Waals surface area (Å²) in [7, 11) is 0. The number of rotatable bonds is 3. The van der Waals surface area contributed by atoms with Crippen molar-refractivity contribution in [1.82, 2.24) is 4.98 Å². The number of nitrogens with one attached hydrogen (secondary N) is 1. The first-order chi connectivity index (χ1) is 11.1. The molecule has 1 aromatic heterocycles. The fraction of sp³-hybridized carbons (Fsp3) is 0.294. The molecule has 1 aliphatic heterocycles. The summed E-state index contributed by atoms with van der Waals surface area (Å²) in [5, 5.41) is 2.99. The van der Waals surface area contributed by atoms with Gasteiger partial charge in [-0.15, -0.1) is 0 Å². The lowest BCUT2D eigenvalue weighted by molar-refractivity contribution is 0.102. The van der Waals surface area contributed by atoms with Crippen molar-refractivity contribution in [3.63, 3.8) is 0 Å². The molecule has 1 fully saturated rings. The summed E-state index contributed by atoms with van der Waals surface area (Å²) >= 11 is 2.26. The Labute approximate surface area is 149 Å². The Morgan fingerprint density at radius 2 is 2.09 bits per heavy atom. The summed E-state index contributed by atoms with van der Waals surface area (Å²) in [5.41, 5.74) is 2.46. The van der Waals surface area contributed by atoms with Crippen LogP contribution >= 0.6 is 22.6 Å². The molecule has 0 atom stereocenters. The monoisotopic (exact) mass is 423 g/mol. The van der Waals surface area contributed by atoms with Crippen LogP contribution in [0.2, 0.25) is 0 Å². The third-order valence-electron chi connectivity index (χ3n) is 3.78. The molecule has 3 rings (SSSR count). The van der Waals surface area contributed by atoms with Gasteiger partial charge in [0, 0.05) is 28.5 Å². The van der Waals surface area contributed by atoms with E-state index in [9.17, 15) is 4.79 Å². The van der Waals surface area contributed by atoms with Crippen LogP contribution in [0.3, 0.4) is 0 Å². The minimum absolute atomic E-state index is 0.135. The number of nitrogens with zero attached hydrogens (tertiary/aromatic N) is 2. The number of halogens is 1. The van der Waals surface area contributed by atoms with Crippen LogP contribution in [-0.4, -0.2) is 37.2 Å². The Bertz CT molecular complexity index is 715. The smallest absolute Gasteiger partial charge is 0.259 e. The molecule has 1 aromatic carbocycles. The predicted molar refractivity (Wildman–Crippen MR) is 99.1 cm³/mol. The topological polar surface area (TPSA) is 54.5 Å². The molecule has 120 valence electrons. The molecule has 0 unspecified atom stereocenters. The van der Waals surface area contributed by atoms with Gasteiger partial charge in [0.05, 0.1) is 18.8 Å². The molecule has 0 aliphatic carbocycles. The first-order valence-corrected chi connectivity index (χ1v) is 8.58. The van der Waals surface area contributed by atoms with Crippen molar-refractivity contribution < 1.29 is 9.53 Å². The molecule has 23 heavy (non-hydrogen) atoms. The number of aryl methyl sites for hydroxylation is 1. The highest BCUT2D eigenvalue weighted by atomic mass is 127. The zero-order chi connectivity index (χ0) is 16.2. The summed E-state index contributed by atoms with van der Waals surface area (Å²) in [5.74, 6) is 0.584. The third-order valence-corrected chi connectivity index (χ3v) is 4.45. The van der Waals surface area contributed by atoms with E-state index in [1.165, 1.54) is 0 Å². The zero-order valence-corrected chi connectivity index (χ0v) is 15.0. The van der Waals surface area contributed by atoms with Gasteiger partial charge in [0.25, 0.3) is 5.91 Å². The van der Waals surface area contributed by atoms with Gasteiger partial charge in [-0.05, 0) is 65.4 Å². The Balaban J connectivity index is 1.84. The number of benzene rings is 1. The maximum Gasteiger partial charge on any atom is 0.259 e. The summed E-state index contributed by atoms with van der Waals surface area (Å²) in [6.07, 6.45) is 1.72. The number of ether oxygens (including phenoxy) is 1. The number of aromatic nitrogens is 1. The maximum absolute atomic E-state index is 12.7. The van der Waals surface area contributed by atoms with Gasteiger partial charge in [-0.2, -0.15) is 0 Å². The van der Waals surface area contributed by atoms with Crippen molar-refractivity contribution in [3.8, 4) is 0 Å². The molecule has 0 spiro atoms. The highest BCUT2D eigenvalue weighted by Gasteiger charge is 2.20. The Kier molecular flexibility index (Phi) is 5.12. The Morgan fingerprint density at radius 1 is 1.30 bits per heavy atom. The van der Waals surface area contributed by atoms with Crippen molar-refractivity contribution in [2.45, 2.75) is 6.92 Å². The van der Waals surface area contributed by atoms with Crippen LogP contribution in [0.25, 0.3) is 0 Å². The van der Waals surface area contributed by atoms with Crippen LogP contribution in [0.4, 0.5) is 11.5 Å². The average Bonchev–Trinajstić information content (AvgIpc) is 2.58. The standard InChI is InChI=1S/C17H18IN3O2/c1-12-11-13(18)4-5-15(12)20-17(22)14-3-2-6-19-16(14)21-7-9-23-10-8-21/h2-6,11H,7-10H2,1H3,(H,20,22). The summed E-state index contributed by atoms with van der Waals surface area (Å²) in [6.45, 7) is 4.81. The minimum Gasteiger partial charge on any atom is -0.378 e. The van der Waals surface area contributed by atoms with Crippen molar-refractivity contribution in [3.05, 3.63) is 51.2 Å². The van der Waals surface area contributed by atoms with Gasteiger partial charge in [-0.25, -0.2) is 4.98 Å². The van der Waals surface area contributed by atoms with Gasteiger partial charge < -0.3 is 15.0 Å². The molecule has 0 bridgehead atoms. The lowest BCUT2D eigenvalue weighted by atomic mass is 10.1. The molecule has 1 N–H and O–H groups in total. The van der Waals surface area contributed by atoms with Gasteiger partial charge in [0.2, 0.25) is 0 Å². The van der Waals surface area contributed by atoms with E-state index in [4.69, 9.17) is 4.74 Å². The molecule has 0 saturated carbocycles. The van der Waals surface area contributed by atoms with Crippen LogP contribution in [0.15, 0.2) is 36.5 Å². The first-order valence-electron chi connectivity index (χ1n) is 7.50. The lowest BCUT2D eigenvalue weighted by Gasteiger charge is -2.29. The second-order valence-corrected chi connectivity index (χ2v) is 6.63. The van der Waals surface area contributed by atoms with Crippen LogP contribution in [-0.2, 0) is 4.74 Å². The van der Waals surface area contributed by atoms with E-state index >= 15 is 0 Å². The van der Waals surface area contributed by atoms with E-state index in [1.54, 1.807) is 12.3 Å². The van der Waals surface area contributed by atoms with E-state index in [-0.39, 0.29) is 5.91 Å². The zero-order valence-electron chi connectivity index (χ0n) is 12.9. The highest BCUT2D eigenvalue weighted by Crippen LogP contribution is 2.22. The number of hydrogen-bond acceptors (Lipinski definition) is 4. The summed E-state index contributed by atoms with van der Waals surface area (Å²) in [6, 6.07) is 9.56. The summed E-state index contributed by atoms with van der Waals surface area (Å²) in [4.78, 5) is 19.2. The molecule has 2 aromatic rings. The lowest BCUT2D eigenvalue weighted by Crippen LogP contribution is -2.38. The molecule has 1 saturated heterocycles. The predicted octanol–water partition coefficient (Wildman–Crippen LogP) is 3.08. The molecular formula is C17H18IN3O2. The van der Waals surface area contributed by atoms with E-state index in [0.29, 0.717) is 18.8 Å². The second kappa shape index (κ2) is 7.27. The van der Waals surface area contributed by atoms with Crippen molar-refractivity contribution >= 4 is 40.0 Å². The quantitative estimate of drug-likeness (QED) is 0.772. The number of amides is 1. The van der Waals surface area contributed by atoms with Gasteiger partial charge in [0.1, 0.15) is 5.82 Å². The van der Waals surface area contributed by atoms with Gasteiger partial charge >= 0.3 is 0 Å². The first kappa shape index (κ1) is 16.2. The van der Waals surface area contributed by atoms with Crippen molar-refractivity contribution in [1.29, 1.82) is 0 Å². The van der Waals surface area contributed by atoms with Crippen LogP contribution in [0.5, 0.6) is 0 Å². The third kappa shape index (κ3) is 3.81. The average molecular weight is 423 g/mol. The Morgan fingerprint density at radius 3 is 2.83 bits per heavy atom. The second-order valence-electron chi connectivity index (χ2n) is 5.39. The van der Waals surface area contributed by atoms with Gasteiger partial charge in [0.15, 0.2) is 0 Å². The highest BCUT2D eigenvalue weighted by molar-refractivity contribution is 14.1. The Hall–Kier alpha value is -1.67. The minimum atomic E-state index is -0.135. The van der Waals surface area contributed by atoms with E-state index in [0.717, 1.165) is 33.7 Å². The molecule has 0 radical (unpaired) electrons. The largest absolute Gasteiger partial charge is 0.378 e. The number of morpholine rings is 1. The molecule has 5 nitrogen and oxygen atoms in total. The number of carbonyl (C=O) groups excluding carboxylic acids is 1. The van der Waals surface area contributed by atoms with E-state index in [1.807, 2.05) is 31.2 Å². The number of hydrogen-bond donors (Lipinski definition) is 1. The van der Waals surface area contributed by atoms with Crippen LogP contribution < -0.4 is 10.2 Å². The van der Waals surface area contributed by atoms with Crippen LogP contribution in [0, 0.1) is 10.5 Å². The van der Waals surface area contributed by atoms with Gasteiger partial charge in [-0.3, -0.25) is 4.79 Å². The maximum atomic E-state index is 12.7. The molecule has 6 heteroatoms. The fourth-order valence-electron chi connectivity index (χ4n) is 2.56. The molecular weight excluding hydrogens is 405 g/mol. The van der Waals surface area contributed by atoms with Crippen molar-refractivity contribution in [2.24, 2.45) is 0 Å². The molecule has 2 heterocycles. The van der Waals surface area contributed by atoms with Crippen molar-refractivity contribution in [2.75, 3.05) is 36.5 Å². The summed E-state index contributed by atoms with van der Waals surface area (Å²) < 4.78 is 6.52. The van der Waals surface area contributed by atoms with E-state index in [2.05, 4.69) is 37.8 Å². The van der Waals surface area contributed by atoms with E-state index < -0.39 is 0 Å². The molecule has 1 aliphatic rings. The fourth-order valence-corrected chi connectivity index (χ4v) is 3.21. The number of carbonyl (C=O) groups is 1. The van der Waals surface area contributed by atoms with Crippen LogP contribution in [0.1, 0.15) is 15.9 Å². The number of anilines is 2. The molecule has 1 amide bonds.